The Bertz CT molecular complexity index is 658. The second kappa shape index (κ2) is 7.60. The highest BCUT2D eigenvalue weighted by Gasteiger charge is 2.44. The van der Waals surface area contributed by atoms with Crippen molar-refractivity contribution in [3.05, 3.63) is 60.2 Å². The van der Waals surface area contributed by atoms with Gasteiger partial charge in [-0.1, -0.05) is 6.07 Å². The highest BCUT2D eigenvalue weighted by Crippen LogP contribution is 2.39. The van der Waals surface area contributed by atoms with E-state index in [9.17, 15) is 0 Å². The first-order valence-corrected chi connectivity index (χ1v) is 9.15. The van der Waals surface area contributed by atoms with Crippen LogP contribution in [-0.2, 0) is 11.3 Å². The summed E-state index contributed by atoms with van der Waals surface area (Å²) in [6.45, 7) is 4.35. The van der Waals surface area contributed by atoms with Crippen molar-refractivity contribution >= 4 is 0 Å². The molecule has 5 nitrogen and oxygen atoms in total. The molecule has 25 heavy (non-hydrogen) atoms. The van der Waals surface area contributed by atoms with Gasteiger partial charge in [0.25, 0.3) is 0 Å². The number of aromatic nitrogens is 2. The lowest BCUT2D eigenvalue weighted by Crippen LogP contribution is -2.60. The summed E-state index contributed by atoms with van der Waals surface area (Å²) in [4.78, 5) is 13.6. The number of hydrogen-bond acceptors (Lipinski definition) is 5. The number of piperidine rings is 1. The van der Waals surface area contributed by atoms with Crippen molar-refractivity contribution in [1.82, 2.24) is 19.8 Å². The molecule has 0 N–H and O–H groups in total. The Morgan fingerprint density at radius 1 is 1.08 bits per heavy atom. The number of likely N-dealkylation sites (tertiary alicyclic amines) is 2. The second-order valence-corrected chi connectivity index (χ2v) is 7.06. The molecule has 132 valence electrons. The summed E-state index contributed by atoms with van der Waals surface area (Å²) in [5.74, 6) is 0. The Morgan fingerprint density at radius 2 is 1.88 bits per heavy atom. The zero-order valence-corrected chi connectivity index (χ0v) is 14.8. The van der Waals surface area contributed by atoms with Crippen LogP contribution in [0.3, 0.4) is 0 Å². The first kappa shape index (κ1) is 16.6. The lowest BCUT2D eigenvalue weighted by molar-refractivity contribution is -0.116. The van der Waals surface area contributed by atoms with Crippen molar-refractivity contribution in [3.63, 3.8) is 0 Å². The summed E-state index contributed by atoms with van der Waals surface area (Å²) in [7, 11) is 1.83. The van der Waals surface area contributed by atoms with Crippen LogP contribution in [0.5, 0.6) is 0 Å². The van der Waals surface area contributed by atoms with Crippen LogP contribution in [0.25, 0.3) is 0 Å². The maximum absolute atomic E-state index is 5.69. The number of ether oxygens (including phenoxy) is 1. The average Bonchev–Trinajstić information content (AvgIpc) is 2.64. The Balaban J connectivity index is 1.36. The Hall–Kier alpha value is -1.82. The molecule has 0 saturated carbocycles. The van der Waals surface area contributed by atoms with Crippen LogP contribution in [-0.4, -0.2) is 58.7 Å². The largest absolute Gasteiger partial charge is 0.378 e. The molecule has 2 aliphatic rings. The molecule has 0 radical (unpaired) electrons. The summed E-state index contributed by atoms with van der Waals surface area (Å²) in [5.41, 5.74) is 2.63. The molecule has 5 heteroatoms. The number of hydrogen-bond donors (Lipinski definition) is 0. The first-order chi connectivity index (χ1) is 12.3. The predicted octanol–water partition coefficient (Wildman–Crippen LogP) is 2.51. The minimum absolute atomic E-state index is 0.302. The molecule has 0 aromatic carbocycles. The Labute approximate surface area is 149 Å². The Kier molecular flexibility index (Phi) is 5.06. The molecular formula is C20H26N4O. The van der Waals surface area contributed by atoms with E-state index in [-0.39, 0.29) is 0 Å². The fraction of sp³-hybridized carbons (Fsp3) is 0.500. The lowest BCUT2D eigenvalue weighted by atomic mass is 9.87. The van der Waals surface area contributed by atoms with E-state index in [1.54, 1.807) is 0 Å². The van der Waals surface area contributed by atoms with Crippen molar-refractivity contribution < 1.29 is 4.74 Å². The molecule has 0 spiro atoms. The predicted molar refractivity (Wildman–Crippen MR) is 97.0 cm³/mol. The van der Waals surface area contributed by atoms with Crippen LogP contribution >= 0.6 is 0 Å². The van der Waals surface area contributed by atoms with Gasteiger partial charge in [0, 0.05) is 51.0 Å². The monoisotopic (exact) mass is 338 g/mol. The summed E-state index contributed by atoms with van der Waals surface area (Å²) >= 11 is 0. The highest BCUT2D eigenvalue weighted by molar-refractivity contribution is 5.21. The van der Waals surface area contributed by atoms with Gasteiger partial charge in [0.2, 0.25) is 0 Å². The fourth-order valence-electron chi connectivity index (χ4n) is 4.20. The smallest absolute Gasteiger partial charge is 0.0895 e. The molecule has 0 aliphatic carbocycles. The van der Waals surface area contributed by atoms with Crippen molar-refractivity contribution in [3.8, 4) is 0 Å². The van der Waals surface area contributed by atoms with Crippen LogP contribution < -0.4 is 0 Å². The third-order valence-corrected chi connectivity index (χ3v) is 5.61. The molecule has 0 bridgehead atoms. The van der Waals surface area contributed by atoms with E-state index in [1.807, 2.05) is 38.0 Å². The van der Waals surface area contributed by atoms with Crippen LogP contribution in [0.15, 0.2) is 49.1 Å². The van der Waals surface area contributed by atoms with E-state index >= 15 is 0 Å². The highest BCUT2D eigenvalue weighted by atomic mass is 16.5. The van der Waals surface area contributed by atoms with Crippen LogP contribution in [0, 0.1) is 0 Å². The summed E-state index contributed by atoms with van der Waals surface area (Å²) < 4.78 is 5.69. The third kappa shape index (κ3) is 3.59. The molecule has 0 amide bonds. The zero-order chi connectivity index (χ0) is 17.1. The molecule has 2 fully saturated rings. The molecule has 4 heterocycles. The third-order valence-electron chi connectivity index (χ3n) is 5.61. The lowest BCUT2D eigenvalue weighted by Gasteiger charge is -2.53. The maximum Gasteiger partial charge on any atom is 0.0895 e. The number of methoxy groups -OCH3 is 1. The standard InChI is InChI=1S/C20H26N4O/c1-25-19-15-24(20(19)17-4-9-21-10-5-17)18-6-11-23(12-7-18)14-16-3-2-8-22-13-16/h2-5,8-10,13,18-20H,6-7,11-12,14-15H2,1H3/t19-,20-/m0/s1. The van der Waals surface area contributed by atoms with Gasteiger partial charge in [-0.15, -0.1) is 0 Å². The van der Waals surface area contributed by atoms with E-state index in [2.05, 4.69) is 38.0 Å². The van der Waals surface area contributed by atoms with E-state index in [1.165, 1.54) is 24.0 Å². The van der Waals surface area contributed by atoms with Gasteiger partial charge < -0.3 is 4.74 Å². The van der Waals surface area contributed by atoms with Gasteiger partial charge in [-0.25, -0.2) is 0 Å². The minimum atomic E-state index is 0.302. The SMILES string of the molecule is CO[C@H]1CN(C2CCN(Cc3cccnc3)CC2)[C@H]1c1ccncc1. The van der Waals surface area contributed by atoms with Gasteiger partial charge in [-0.3, -0.25) is 19.8 Å². The van der Waals surface area contributed by atoms with Gasteiger partial charge in [0.15, 0.2) is 0 Å². The summed E-state index contributed by atoms with van der Waals surface area (Å²) in [6.07, 6.45) is 10.3. The van der Waals surface area contributed by atoms with Crippen LogP contribution in [0.4, 0.5) is 0 Å². The first-order valence-electron chi connectivity index (χ1n) is 9.15. The van der Waals surface area contributed by atoms with Gasteiger partial charge >= 0.3 is 0 Å². The molecular weight excluding hydrogens is 312 g/mol. The molecule has 0 unspecified atom stereocenters. The van der Waals surface area contributed by atoms with Crippen molar-refractivity contribution in [2.45, 2.75) is 37.6 Å². The maximum atomic E-state index is 5.69. The minimum Gasteiger partial charge on any atom is -0.378 e. The van der Waals surface area contributed by atoms with Crippen LogP contribution in [0.1, 0.15) is 30.0 Å². The van der Waals surface area contributed by atoms with Gasteiger partial charge in [0.1, 0.15) is 0 Å². The number of pyridine rings is 2. The van der Waals surface area contributed by atoms with Crippen LogP contribution in [0.2, 0.25) is 0 Å². The van der Waals surface area contributed by atoms with Gasteiger partial charge in [0.05, 0.1) is 12.1 Å². The normalized spacial score (nSPS) is 25.6. The quantitative estimate of drug-likeness (QED) is 0.838. The summed E-state index contributed by atoms with van der Waals surface area (Å²) in [5, 5.41) is 0. The molecule has 2 saturated heterocycles. The fourth-order valence-corrected chi connectivity index (χ4v) is 4.20. The molecule has 2 aromatic rings. The van der Waals surface area contributed by atoms with E-state index in [4.69, 9.17) is 4.74 Å². The van der Waals surface area contributed by atoms with Gasteiger partial charge in [-0.05, 0) is 55.3 Å². The van der Waals surface area contributed by atoms with Gasteiger partial charge in [-0.2, -0.15) is 0 Å². The van der Waals surface area contributed by atoms with Crippen molar-refractivity contribution in [2.24, 2.45) is 0 Å². The van der Waals surface area contributed by atoms with E-state index < -0.39 is 0 Å². The molecule has 4 rings (SSSR count). The second-order valence-electron chi connectivity index (χ2n) is 7.06. The number of rotatable bonds is 5. The van der Waals surface area contributed by atoms with Crippen molar-refractivity contribution in [2.75, 3.05) is 26.7 Å². The zero-order valence-electron chi connectivity index (χ0n) is 14.8. The average molecular weight is 338 g/mol. The Morgan fingerprint density at radius 3 is 2.56 bits per heavy atom. The molecule has 2 aliphatic heterocycles. The molecule has 2 atom stereocenters. The van der Waals surface area contributed by atoms with E-state index in [0.29, 0.717) is 18.2 Å². The molecule has 2 aromatic heterocycles. The topological polar surface area (TPSA) is 41.5 Å². The number of nitrogens with zero attached hydrogens (tertiary/aromatic N) is 4. The van der Waals surface area contributed by atoms with Crippen molar-refractivity contribution in [1.29, 1.82) is 0 Å². The van der Waals surface area contributed by atoms with E-state index in [0.717, 1.165) is 26.2 Å². The summed E-state index contributed by atoms with van der Waals surface area (Å²) in [6, 6.07) is 9.46.